The number of ether oxygens (including phenoxy) is 1. The maximum atomic E-state index is 12.4. The molecule has 5 aromatic rings. The first kappa shape index (κ1) is 16.3. The zero-order chi connectivity index (χ0) is 19.1. The molecule has 0 bridgehead atoms. The van der Waals surface area contributed by atoms with Crippen molar-refractivity contribution in [3.63, 3.8) is 0 Å². The summed E-state index contributed by atoms with van der Waals surface area (Å²) >= 11 is 0. The van der Waals surface area contributed by atoms with Crippen LogP contribution in [0.25, 0.3) is 33.5 Å². The molecular weight excluding hydrogens is 356 g/mol. The number of oxazole rings is 1. The number of nitrogens with one attached hydrogen (secondary N) is 1. The normalized spacial score (nSPS) is 11.3. The molecule has 7 nitrogen and oxygen atoms in total. The minimum Gasteiger partial charge on any atom is -0.497 e. The fourth-order valence-corrected chi connectivity index (χ4v) is 3.30. The van der Waals surface area contributed by atoms with Crippen LogP contribution in [-0.2, 0) is 6.54 Å². The number of nitrogens with zero attached hydrogens (tertiary/aromatic N) is 3. The molecule has 3 aromatic heterocycles. The molecule has 0 unspecified atom stereocenters. The van der Waals surface area contributed by atoms with Crippen LogP contribution in [0.5, 0.6) is 5.75 Å². The van der Waals surface area contributed by atoms with E-state index < -0.39 is 5.76 Å². The molecule has 3 heterocycles. The minimum atomic E-state index is -0.401. The van der Waals surface area contributed by atoms with Crippen LogP contribution in [-0.4, -0.2) is 26.6 Å². The summed E-state index contributed by atoms with van der Waals surface area (Å²) in [6.07, 6.45) is 3.50. The second-order valence-electron chi connectivity index (χ2n) is 6.45. The van der Waals surface area contributed by atoms with Crippen molar-refractivity contribution in [3.8, 4) is 17.0 Å². The molecule has 0 fully saturated rings. The van der Waals surface area contributed by atoms with Crippen LogP contribution in [0.1, 0.15) is 5.56 Å². The van der Waals surface area contributed by atoms with Crippen LogP contribution in [0, 0.1) is 0 Å². The standard InChI is InChI=1S/C21H16N4O3/c1-27-15-4-2-3-13(9-15)12-25-18-6-5-14(10-19(18)28-21(25)26)17-11-23-20-16(24-17)7-8-22-20/h2-11H,12H2,1H3,(H,22,23). The quantitative estimate of drug-likeness (QED) is 0.521. The molecule has 5 rings (SSSR count). The van der Waals surface area contributed by atoms with Gasteiger partial charge in [-0.15, -0.1) is 0 Å². The zero-order valence-corrected chi connectivity index (χ0v) is 15.0. The molecule has 0 radical (unpaired) electrons. The van der Waals surface area contributed by atoms with E-state index in [4.69, 9.17) is 9.15 Å². The van der Waals surface area contributed by atoms with Gasteiger partial charge in [-0.05, 0) is 35.9 Å². The van der Waals surface area contributed by atoms with Crippen molar-refractivity contribution in [1.29, 1.82) is 0 Å². The highest BCUT2D eigenvalue weighted by atomic mass is 16.5. The smallest absolute Gasteiger partial charge is 0.420 e. The molecule has 0 amide bonds. The van der Waals surface area contributed by atoms with E-state index in [0.717, 1.165) is 39.3 Å². The number of H-pyrrole nitrogens is 1. The lowest BCUT2D eigenvalue weighted by Crippen LogP contribution is -2.14. The van der Waals surface area contributed by atoms with Crippen LogP contribution in [0.4, 0.5) is 0 Å². The van der Waals surface area contributed by atoms with Crippen LogP contribution in [0.2, 0.25) is 0 Å². The van der Waals surface area contributed by atoms with Crippen LogP contribution >= 0.6 is 0 Å². The highest BCUT2D eigenvalue weighted by Crippen LogP contribution is 2.24. The third kappa shape index (κ3) is 2.73. The van der Waals surface area contributed by atoms with E-state index in [2.05, 4.69) is 15.0 Å². The number of hydrogen-bond donors (Lipinski definition) is 1. The van der Waals surface area contributed by atoms with Crippen molar-refractivity contribution in [3.05, 3.63) is 77.0 Å². The predicted molar refractivity (Wildman–Crippen MR) is 105 cm³/mol. The molecule has 0 saturated carbocycles. The third-order valence-corrected chi connectivity index (χ3v) is 4.70. The van der Waals surface area contributed by atoms with E-state index in [1.165, 1.54) is 0 Å². The third-order valence-electron chi connectivity index (χ3n) is 4.70. The van der Waals surface area contributed by atoms with E-state index in [9.17, 15) is 4.79 Å². The summed E-state index contributed by atoms with van der Waals surface area (Å²) < 4.78 is 12.3. The molecule has 0 saturated heterocycles. The number of aromatic nitrogens is 4. The SMILES string of the molecule is COc1cccc(Cn2c(=O)oc3cc(-c4cnc5[nH]ccc5n4)ccc32)c1. The Bertz CT molecular complexity index is 1360. The van der Waals surface area contributed by atoms with Gasteiger partial charge in [0.2, 0.25) is 0 Å². The molecule has 0 aliphatic carbocycles. The summed E-state index contributed by atoms with van der Waals surface area (Å²) in [4.78, 5) is 24.4. The Hall–Kier alpha value is -3.87. The fraction of sp³-hybridized carbons (Fsp3) is 0.0952. The number of benzene rings is 2. The summed E-state index contributed by atoms with van der Waals surface area (Å²) in [6, 6.07) is 15.1. The van der Waals surface area contributed by atoms with Gasteiger partial charge in [0.25, 0.3) is 0 Å². The summed E-state index contributed by atoms with van der Waals surface area (Å²) in [5.41, 5.74) is 5.28. The average molecular weight is 372 g/mol. The lowest BCUT2D eigenvalue weighted by Gasteiger charge is -2.06. The molecule has 0 spiro atoms. The van der Waals surface area contributed by atoms with Gasteiger partial charge in [-0.25, -0.2) is 14.8 Å². The first-order valence-electron chi connectivity index (χ1n) is 8.78. The number of fused-ring (bicyclic) bond motifs is 2. The maximum absolute atomic E-state index is 12.4. The van der Waals surface area contributed by atoms with Crippen LogP contribution < -0.4 is 10.5 Å². The van der Waals surface area contributed by atoms with Crippen molar-refractivity contribution >= 4 is 22.3 Å². The molecular formula is C21H16N4O3. The molecule has 0 aliphatic rings. The van der Waals surface area contributed by atoms with Crippen LogP contribution in [0.15, 0.2) is 70.1 Å². The summed E-state index contributed by atoms with van der Waals surface area (Å²) in [7, 11) is 1.62. The van der Waals surface area contributed by atoms with Crippen LogP contribution in [0.3, 0.4) is 0 Å². The van der Waals surface area contributed by atoms with Gasteiger partial charge in [0.15, 0.2) is 11.2 Å². The average Bonchev–Trinajstić information content (AvgIpc) is 3.31. The maximum Gasteiger partial charge on any atom is 0.420 e. The molecule has 2 aromatic carbocycles. The Balaban J connectivity index is 1.55. The summed E-state index contributed by atoms with van der Waals surface area (Å²) in [6.45, 7) is 0.400. The number of aromatic amines is 1. The monoisotopic (exact) mass is 372 g/mol. The number of rotatable bonds is 4. The Morgan fingerprint density at radius 1 is 1.18 bits per heavy atom. The van der Waals surface area contributed by atoms with Gasteiger partial charge in [-0.1, -0.05) is 18.2 Å². The van der Waals surface area contributed by atoms with Gasteiger partial charge in [-0.3, -0.25) is 4.57 Å². The molecule has 1 N–H and O–H groups in total. The molecule has 7 heteroatoms. The van der Waals surface area contributed by atoms with Gasteiger partial charge in [-0.2, -0.15) is 0 Å². The highest BCUT2D eigenvalue weighted by Gasteiger charge is 2.12. The lowest BCUT2D eigenvalue weighted by molar-refractivity contribution is 0.414. The van der Waals surface area contributed by atoms with Gasteiger partial charge < -0.3 is 14.1 Å². The van der Waals surface area contributed by atoms with E-state index in [-0.39, 0.29) is 0 Å². The Kier molecular flexibility index (Phi) is 3.72. The predicted octanol–water partition coefficient (Wildman–Crippen LogP) is 3.59. The van der Waals surface area contributed by atoms with Gasteiger partial charge in [0, 0.05) is 11.8 Å². The first-order valence-corrected chi connectivity index (χ1v) is 8.78. The Morgan fingerprint density at radius 2 is 2.11 bits per heavy atom. The summed E-state index contributed by atoms with van der Waals surface area (Å²) in [5.74, 6) is 0.349. The van der Waals surface area contributed by atoms with Crippen molar-refractivity contribution in [1.82, 2.24) is 19.5 Å². The Labute approximate surface area is 159 Å². The van der Waals surface area contributed by atoms with Crippen molar-refractivity contribution < 1.29 is 9.15 Å². The van der Waals surface area contributed by atoms with E-state index in [1.54, 1.807) is 24.1 Å². The van der Waals surface area contributed by atoms with Gasteiger partial charge >= 0.3 is 5.76 Å². The van der Waals surface area contributed by atoms with Crippen molar-refractivity contribution in [2.24, 2.45) is 0 Å². The highest BCUT2D eigenvalue weighted by molar-refractivity contribution is 5.81. The molecule has 138 valence electrons. The summed E-state index contributed by atoms with van der Waals surface area (Å²) in [5, 5.41) is 0. The second-order valence-corrected chi connectivity index (χ2v) is 6.45. The minimum absolute atomic E-state index is 0.400. The fourth-order valence-electron chi connectivity index (χ4n) is 3.30. The molecule has 28 heavy (non-hydrogen) atoms. The van der Waals surface area contributed by atoms with Gasteiger partial charge in [0.1, 0.15) is 11.3 Å². The van der Waals surface area contributed by atoms with Crippen molar-refractivity contribution in [2.75, 3.05) is 7.11 Å². The largest absolute Gasteiger partial charge is 0.497 e. The first-order chi connectivity index (χ1) is 13.7. The number of methoxy groups -OCH3 is 1. The van der Waals surface area contributed by atoms with Crippen molar-refractivity contribution in [2.45, 2.75) is 6.54 Å². The Morgan fingerprint density at radius 3 is 3.00 bits per heavy atom. The van der Waals surface area contributed by atoms with E-state index in [1.807, 2.05) is 48.5 Å². The zero-order valence-electron chi connectivity index (χ0n) is 15.0. The van der Waals surface area contributed by atoms with Gasteiger partial charge in [0.05, 0.1) is 31.1 Å². The lowest BCUT2D eigenvalue weighted by atomic mass is 10.1. The second kappa shape index (κ2) is 6.38. The number of hydrogen-bond acceptors (Lipinski definition) is 5. The molecule has 0 aliphatic heterocycles. The van der Waals surface area contributed by atoms with E-state index >= 15 is 0 Å². The topological polar surface area (TPSA) is 85.9 Å². The molecule has 0 atom stereocenters. The van der Waals surface area contributed by atoms with E-state index in [0.29, 0.717) is 12.1 Å².